The van der Waals surface area contributed by atoms with Gasteiger partial charge in [0.2, 0.25) is 5.95 Å². The molecule has 0 unspecified atom stereocenters. The molecule has 0 atom stereocenters. The van der Waals surface area contributed by atoms with E-state index in [4.69, 9.17) is 14.4 Å². The molecule has 140 valence electrons. The number of pyridine rings is 1. The highest BCUT2D eigenvalue weighted by molar-refractivity contribution is 8.13. The fourth-order valence-corrected chi connectivity index (χ4v) is 2.85. The third kappa shape index (κ3) is 4.52. The van der Waals surface area contributed by atoms with E-state index < -0.39 is 35.8 Å². The first-order valence-corrected chi connectivity index (χ1v) is 9.00. The highest BCUT2D eigenvalue weighted by Crippen LogP contribution is 2.39. The molecule has 0 bridgehead atoms. The van der Waals surface area contributed by atoms with Gasteiger partial charge in [-0.2, -0.15) is 4.39 Å². The van der Waals surface area contributed by atoms with E-state index in [9.17, 15) is 14.0 Å². The Morgan fingerprint density at radius 3 is 2.38 bits per heavy atom. The van der Waals surface area contributed by atoms with Crippen molar-refractivity contribution in [2.75, 3.05) is 5.75 Å². The lowest BCUT2D eigenvalue weighted by Gasteiger charge is -2.32. The molecule has 2 heterocycles. The molecule has 6 nitrogen and oxygen atoms in total. The molecule has 9 heteroatoms. The molecule has 0 aliphatic carbocycles. The Kier molecular flexibility index (Phi) is 5.94. The van der Waals surface area contributed by atoms with E-state index in [1.807, 2.05) is 27.7 Å². The molecule has 1 fully saturated rings. The lowest BCUT2D eigenvalue weighted by Crippen LogP contribution is -2.41. The Balaban J connectivity index is 2.39. The van der Waals surface area contributed by atoms with Crippen LogP contribution >= 0.6 is 11.8 Å². The molecule has 0 spiro atoms. The largest absolute Gasteiger partial charge is 0.491 e. The molecule has 2 rings (SSSR count). The normalized spacial score (nSPS) is 18.8. The predicted octanol–water partition coefficient (Wildman–Crippen LogP) is 3.21. The molecule has 1 aromatic heterocycles. The third-order valence-electron chi connectivity index (χ3n) is 4.44. The summed E-state index contributed by atoms with van der Waals surface area (Å²) < 4.78 is 25.5. The number of carboxylic acids is 1. The number of hydrogen-bond acceptors (Lipinski definition) is 6. The Morgan fingerprint density at radius 1 is 1.31 bits per heavy atom. The van der Waals surface area contributed by atoms with E-state index in [-0.39, 0.29) is 5.12 Å². The van der Waals surface area contributed by atoms with Gasteiger partial charge in [-0.15, -0.1) is 0 Å². The van der Waals surface area contributed by atoms with Gasteiger partial charge in [0.15, 0.2) is 5.12 Å². The van der Waals surface area contributed by atoms with Crippen molar-refractivity contribution in [2.24, 2.45) is 0 Å². The average Bonchev–Trinajstić information content (AvgIpc) is 2.72. The van der Waals surface area contributed by atoms with Crippen LogP contribution in [0.2, 0.25) is 0 Å². The monoisotopic (exact) mass is 381 g/mol. The summed E-state index contributed by atoms with van der Waals surface area (Å²) in [5.41, 5.74) is -0.631. The van der Waals surface area contributed by atoms with E-state index in [1.165, 1.54) is 19.2 Å². The van der Waals surface area contributed by atoms with Crippen LogP contribution in [0.15, 0.2) is 17.7 Å². The summed E-state index contributed by atoms with van der Waals surface area (Å²) >= 11 is 1.08. The number of nitrogens with zero attached hydrogens (tertiary/aromatic N) is 1. The van der Waals surface area contributed by atoms with Gasteiger partial charge in [0, 0.05) is 18.9 Å². The van der Waals surface area contributed by atoms with Crippen molar-refractivity contribution in [3.8, 4) is 0 Å². The minimum Gasteiger partial charge on any atom is -0.478 e. The van der Waals surface area contributed by atoms with Crippen LogP contribution in [0.25, 0.3) is 6.08 Å². The topological polar surface area (TPSA) is 85.7 Å². The Labute approximate surface area is 156 Å². The minimum absolute atomic E-state index is 0.0733. The summed E-state index contributed by atoms with van der Waals surface area (Å²) in [5, 5.41) is 8.98. The van der Waals surface area contributed by atoms with Crippen molar-refractivity contribution in [1.29, 1.82) is 0 Å². The second-order valence-electron chi connectivity index (χ2n) is 7.00. The van der Waals surface area contributed by atoms with Gasteiger partial charge < -0.3 is 14.4 Å². The number of carboxylic acid groups (broad SMARTS) is 1. The fourth-order valence-electron chi connectivity index (χ4n) is 2.26. The van der Waals surface area contributed by atoms with Crippen LogP contribution in [0.3, 0.4) is 0 Å². The number of carbonyl (C=O) groups is 2. The average molecular weight is 381 g/mol. The number of carbonyl (C=O) groups excluding carboxylic acids is 1. The number of aromatic nitrogens is 1. The molecule has 1 aliphatic rings. The van der Waals surface area contributed by atoms with Crippen molar-refractivity contribution in [3.63, 3.8) is 0 Å². The van der Waals surface area contributed by atoms with Crippen molar-refractivity contribution in [1.82, 2.24) is 4.98 Å². The molecular formula is C17H21BFNO5S. The molecule has 1 aliphatic heterocycles. The summed E-state index contributed by atoms with van der Waals surface area (Å²) in [6.07, 6.45) is 2.85. The molecule has 1 aromatic rings. The molecule has 1 saturated heterocycles. The van der Waals surface area contributed by atoms with Crippen LogP contribution < -0.4 is 0 Å². The van der Waals surface area contributed by atoms with Crippen LogP contribution in [0.4, 0.5) is 4.39 Å². The summed E-state index contributed by atoms with van der Waals surface area (Å²) in [7, 11) is -0.704. The number of hydrogen-bond donors (Lipinski definition) is 1. The Bertz CT molecular complexity index is 750. The highest BCUT2D eigenvalue weighted by atomic mass is 32.2. The maximum atomic E-state index is 13.5. The molecule has 0 amide bonds. The van der Waals surface area contributed by atoms with Crippen molar-refractivity contribution < 1.29 is 28.4 Å². The minimum atomic E-state index is -1.40. The number of aromatic carboxylic acids is 1. The summed E-state index contributed by atoms with van der Waals surface area (Å²) in [5.74, 6) is -2.16. The van der Waals surface area contributed by atoms with Gasteiger partial charge in [0.1, 0.15) is 5.56 Å². The second-order valence-corrected chi connectivity index (χ2v) is 8.15. The zero-order chi connectivity index (χ0) is 19.7. The first-order valence-electron chi connectivity index (χ1n) is 8.01. The predicted molar refractivity (Wildman–Crippen MR) is 98.4 cm³/mol. The summed E-state index contributed by atoms with van der Waals surface area (Å²) in [4.78, 5) is 26.0. The Hall–Kier alpha value is -1.71. The van der Waals surface area contributed by atoms with E-state index >= 15 is 0 Å². The van der Waals surface area contributed by atoms with Gasteiger partial charge in [0.25, 0.3) is 0 Å². The van der Waals surface area contributed by atoms with Crippen molar-refractivity contribution in [3.05, 3.63) is 34.8 Å². The molecule has 1 N–H and O–H groups in total. The van der Waals surface area contributed by atoms with Crippen molar-refractivity contribution in [2.45, 2.75) is 45.8 Å². The van der Waals surface area contributed by atoms with Crippen LogP contribution in [0, 0.1) is 5.95 Å². The van der Waals surface area contributed by atoms with Crippen LogP contribution in [0.1, 0.15) is 50.5 Å². The fraction of sp³-hybridized carbons (Fsp3) is 0.471. The van der Waals surface area contributed by atoms with Crippen molar-refractivity contribution >= 4 is 36.0 Å². The summed E-state index contributed by atoms with van der Waals surface area (Å²) in [6.45, 7) is 9.08. The maximum absolute atomic E-state index is 13.5. The lowest BCUT2D eigenvalue weighted by molar-refractivity contribution is -0.109. The van der Waals surface area contributed by atoms with Gasteiger partial charge >= 0.3 is 13.1 Å². The quantitative estimate of drug-likeness (QED) is 0.619. The van der Waals surface area contributed by atoms with Gasteiger partial charge in [-0.25, -0.2) is 9.78 Å². The zero-order valence-electron chi connectivity index (χ0n) is 15.3. The highest BCUT2D eigenvalue weighted by Gasteiger charge is 2.52. The first kappa shape index (κ1) is 20.6. The van der Waals surface area contributed by atoms with Gasteiger partial charge in [0.05, 0.1) is 11.2 Å². The maximum Gasteiger partial charge on any atom is 0.491 e. The zero-order valence-corrected chi connectivity index (χ0v) is 16.1. The molecular weight excluding hydrogens is 360 g/mol. The number of halogens is 1. The smallest absolute Gasteiger partial charge is 0.478 e. The van der Waals surface area contributed by atoms with Gasteiger partial charge in [-0.1, -0.05) is 17.8 Å². The third-order valence-corrected chi connectivity index (χ3v) is 5.32. The van der Waals surface area contributed by atoms with Crippen LogP contribution in [0.5, 0.6) is 0 Å². The molecule has 26 heavy (non-hydrogen) atoms. The molecule has 0 aromatic carbocycles. The van der Waals surface area contributed by atoms with Crippen LogP contribution in [-0.4, -0.2) is 45.2 Å². The van der Waals surface area contributed by atoms with Crippen LogP contribution in [-0.2, 0) is 14.1 Å². The SMILES string of the molecule is CC(=O)SCC(=Cc1cnc(F)c(C(=O)O)c1)B1OC(C)(C)C(C)(C)O1. The number of rotatable bonds is 5. The molecule has 0 radical (unpaired) electrons. The van der Waals surface area contributed by atoms with E-state index in [1.54, 1.807) is 6.08 Å². The Morgan fingerprint density at radius 2 is 1.88 bits per heavy atom. The first-order chi connectivity index (χ1) is 11.9. The number of thioether (sulfide) groups is 1. The lowest BCUT2D eigenvalue weighted by atomic mass is 9.78. The van der Waals surface area contributed by atoms with E-state index in [0.29, 0.717) is 16.8 Å². The standard InChI is InChI=1S/C17H21BFNO5S/c1-10(21)26-9-12(18-24-16(2,3)17(4,5)25-18)6-11-7-13(15(22)23)14(19)20-8-11/h6-8H,9H2,1-5H3,(H,22,23). The summed E-state index contributed by atoms with van der Waals surface area (Å²) in [6, 6.07) is 1.19. The van der Waals surface area contributed by atoms with Gasteiger partial charge in [-0.05, 0) is 44.8 Å². The van der Waals surface area contributed by atoms with E-state index in [0.717, 1.165) is 11.8 Å². The second kappa shape index (κ2) is 7.50. The van der Waals surface area contributed by atoms with E-state index in [2.05, 4.69) is 4.98 Å². The van der Waals surface area contributed by atoms with Gasteiger partial charge in [-0.3, -0.25) is 4.79 Å². The molecule has 0 saturated carbocycles.